The highest BCUT2D eigenvalue weighted by molar-refractivity contribution is 4.92. The molecular formula is C15H33NO. The lowest BCUT2D eigenvalue weighted by Crippen LogP contribution is -2.52. The van der Waals surface area contributed by atoms with Gasteiger partial charge in [-0.3, -0.25) is 0 Å². The molecule has 0 bridgehead atoms. The van der Waals surface area contributed by atoms with E-state index >= 15 is 0 Å². The van der Waals surface area contributed by atoms with E-state index < -0.39 is 0 Å². The van der Waals surface area contributed by atoms with Crippen molar-refractivity contribution in [3.8, 4) is 0 Å². The van der Waals surface area contributed by atoms with Crippen molar-refractivity contribution in [2.45, 2.75) is 83.8 Å². The van der Waals surface area contributed by atoms with E-state index in [1.54, 1.807) is 0 Å². The minimum Gasteiger partial charge on any atom is -0.391 e. The molecule has 0 aliphatic carbocycles. The lowest BCUT2D eigenvalue weighted by atomic mass is 9.82. The molecule has 0 spiro atoms. The zero-order valence-corrected chi connectivity index (χ0v) is 12.6. The highest BCUT2D eigenvalue weighted by Crippen LogP contribution is 2.28. The zero-order valence-electron chi connectivity index (χ0n) is 12.6. The molecule has 0 rings (SSSR count). The number of likely N-dealkylation sites (N-methyl/N-ethyl adjacent to an activating group) is 1. The van der Waals surface area contributed by atoms with E-state index in [-0.39, 0.29) is 11.6 Å². The maximum Gasteiger partial charge on any atom is 0.0723 e. The summed E-state index contributed by atoms with van der Waals surface area (Å²) in [4.78, 5) is 2.21. The van der Waals surface area contributed by atoms with Gasteiger partial charge in [0, 0.05) is 5.54 Å². The molecule has 0 aromatic heterocycles. The molecule has 0 amide bonds. The predicted molar refractivity (Wildman–Crippen MR) is 76.4 cm³/mol. The van der Waals surface area contributed by atoms with Gasteiger partial charge in [-0.15, -0.1) is 0 Å². The highest BCUT2D eigenvalue weighted by atomic mass is 16.3. The van der Waals surface area contributed by atoms with E-state index in [2.05, 4.69) is 39.8 Å². The Hall–Kier alpha value is -0.0800. The van der Waals surface area contributed by atoms with Gasteiger partial charge in [-0.05, 0) is 33.4 Å². The summed E-state index contributed by atoms with van der Waals surface area (Å²) in [5, 5.41) is 10.4. The Labute approximate surface area is 108 Å². The molecule has 0 radical (unpaired) electrons. The van der Waals surface area contributed by atoms with Crippen molar-refractivity contribution in [3.05, 3.63) is 0 Å². The first-order chi connectivity index (χ1) is 8.05. The first-order valence-electron chi connectivity index (χ1n) is 7.40. The van der Waals surface area contributed by atoms with Crippen LogP contribution in [-0.4, -0.2) is 35.7 Å². The molecule has 2 heteroatoms. The molecule has 0 aromatic rings. The van der Waals surface area contributed by atoms with Gasteiger partial charge >= 0.3 is 0 Å². The van der Waals surface area contributed by atoms with E-state index in [9.17, 15) is 5.11 Å². The van der Waals surface area contributed by atoms with Crippen LogP contribution >= 0.6 is 0 Å². The van der Waals surface area contributed by atoms with Crippen LogP contribution < -0.4 is 0 Å². The minimum absolute atomic E-state index is 0.0231. The lowest BCUT2D eigenvalue weighted by Gasteiger charge is -2.42. The molecule has 0 aliphatic rings. The third-order valence-corrected chi connectivity index (χ3v) is 4.32. The Morgan fingerprint density at radius 1 is 0.941 bits per heavy atom. The van der Waals surface area contributed by atoms with Crippen molar-refractivity contribution in [3.63, 3.8) is 0 Å². The fourth-order valence-electron chi connectivity index (χ4n) is 2.86. The second kappa shape index (κ2) is 8.93. The molecule has 1 unspecified atom stereocenters. The van der Waals surface area contributed by atoms with Crippen LogP contribution in [0.1, 0.15) is 72.1 Å². The molecule has 0 heterocycles. The minimum atomic E-state index is -0.186. The number of hydrogen-bond acceptors (Lipinski definition) is 2. The molecule has 0 aliphatic heterocycles. The third-order valence-electron chi connectivity index (χ3n) is 4.32. The van der Waals surface area contributed by atoms with Crippen LogP contribution in [0.2, 0.25) is 0 Å². The summed E-state index contributed by atoms with van der Waals surface area (Å²) in [7, 11) is 4.18. The summed E-state index contributed by atoms with van der Waals surface area (Å²) >= 11 is 0. The van der Waals surface area contributed by atoms with Crippen LogP contribution in [0.15, 0.2) is 0 Å². The standard InChI is InChI=1S/C15H33NO/c1-6-9-10-11-12-13-14(17)15(7-2,8-3)16(4)5/h14,17H,6-13H2,1-5H3. The van der Waals surface area contributed by atoms with Gasteiger partial charge in [-0.25, -0.2) is 0 Å². The van der Waals surface area contributed by atoms with Gasteiger partial charge < -0.3 is 10.0 Å². The molecule has 0 fully saturated rings. The van der Waals surface area contributed by atoms with Crippen molar-refractivity contribution in [2.75, 3.05) is 14.1 Å². The van der Waals surface area contributed by atoms with Crippen molar-refractivity contribution in [1.82, 2.24) is 4.90 Å². The average Bonchev–Trinajstić information content (AvgIpc) is 2.30. The SMILES string of the molecule is CCCCCCCC(O)C(CC)(CC)N(C)C. The van der Waals surface area contributed by atoms with Crippen LogP contribution in [0.4, 0.5) is 0 Å². The first-order valence-corrected chi connectivity index (χ1v) is 7.40. The number of nitrogens with zero attached hydrogens (tertiary/aromatic N) is 1. The van der Waals surface area contributed by atoms with Gasteiger partial charge in [-0.2, -0.15) is 0 Å². The van der Waals surface area contributed by atoms with E-state index in [1.807, 2.05) is 0 Å². The lowest BCUT2D eigenvalue weighted by molar-refractivity contribution is -0.0188. The van der Waals surface area contributed by atoms with Crippen LogP contribution in [0.3, 0.4) is 0 Å². The molecule has 0 saturated heterocycles. The quantitative estimate of drug-likeness (QED) is 0.589. The van der Waals surface area contributed by atoms with Gasteiger partial charge in [0.05, 0.1) is 6.10 Å². The van der Waals surface area contributed by atoms with Gasteiger partial charge in [0.1, 0.15) is 0 Å². The van der Waals surface area contributed by atoms with Gasteiger partial charge in [0.25, 0.3) is 0 Å². The fourth-order valence-corrected chi connectivity index (χ4v) is 2.86. The number of aliphatic hydroxyl groups excluding tert-OH is 1. The number of aliphatic hydroxyl groups is 1. The van der Waals surface area contributed by atoms with Gasteiger partial charge in [0.15, 0.2) is 0 Å². The molecule has 0 saturated carbocycles. The summed E-state index contributed by atoms with van der Waals surface area (Å²) in [5.74, 6) is 0. The average molecular weight is 243 g/mol. The topological polar surface area (TPSA) is 23.5 Å². The van der Waals surface area contributed by atoms with Crippen molar-refractivity contribution >= 4 is 0 Å². The number of rotatable bonds is 10. The molecular weight excluding hydrogens is 210 g/mol. The molecule has 0 aromatic carbocycles. The molecule has 2 nitrogen and oxygen atoms in total. The Bertz CT molecular complexity index is 176. The van der Waals surface area contributed by atoms with Crippen molar-refractivity contribution < 1.29 is 5.11 Å². The Morgan fingerprint density at radius 2 is 1.47 bits per heavy atom. The smallest absolute Gasteiger partial charge is 0.0723 e. The van der Waals surface area contributed by atoms with E-state index in [0.29, 0.717) is 0 Å². The van der Waals surface area contributed by atoms with Crippen LogP contribution in [0.25, 0.3) is 0 Å². The van der Waals surface area contributed by atoms with Crippen LogP contribution in [0, 0.1) is 0 Å². The molecule has 17 heavy (non-hydrogen) atoms. The largest absolute Gasteiger partial charge is 0.391 e. The fraction of sp³-hybridized carbons (Fsp3) is 1.00. The first kappa shape index (κ1) is 16.9. The van der Waals surface area contributed by atoms with E-state index in [1.165, 1.54) is 25.7 Å². The zero-order chi connectivity index (χ0) is 13.3. The Kier molecular flexibility index (Phi) is 8.89. The summed E-state index contributed by atoms with van der Waals surface area (Å²) < 4.78 is 0. The summed E-state index contributed by atoms with van der Waals surface area (Å²) in [6.07, 6.45) is 9.16. The third kappa shape index (κ3) is 4.97. The van der Waals surface area contributed by atoms with Gasteiger partial charge in [-0.1, -0.05) is 52.9 Å². The summed E-state index contributed by atoms with van der Waals surface area (Å²) in [6, 6.07) is 0. The second-order valence-corrected chi connectivity index (χ2v) is 5.42. The molecule has 104 valence electrons. The Morgan fingerprint density at radius 3 is 1.88 bits per heavy atom. The number of unbranched alkanes of at least 4 members (excludes halogenated alkanes) is 4. The molecule has 1 atom stereocenters. The monoisotopic (exact) mass is 243 g/mol. The predicted octanol–water partition coefficient (Wildman–Crippen LogP) is 3.83. The maximum absolute atomic E-state index is 10.4. The summed E-state index contributed by atoms with van der Waals surface area (Å²) in [5.41, 5.74) is -0.0231. The maximum atomic E-state index is 10.4. The van der Waals surface area contributed by atoms with Crippen molar-refractivity contribution in [1.29, 1.82) is 0 Å². The van der Waals surface area contributed by atoms with Crippen LogP contribution in [0.5, 0.6) is 0 Å². The Balaban J connectivity index is 4.11. The summed E-state index contributed by atoms with van der Waals surface area (Å²) in [6.45, 7) is 6.60. The normalized spacial score (nSPS) is 14.3. The second-order valence-electron chi connectivity index (χ2n) is 5.42. The van der Waals surface area contributed by atoms with E-state index in [0.717, 1.165) is 25.7 Å². The highest BCUT2D eigenvalue weighted by Gasteiger charge is 2.35. The molecule has 1 N–H and O–H groups in total. The number of hydrogen-bond donors (Lipinski definition) is 1. The van der Waals surface area contributed by atoms with Gasteiger partial charge in [0.2, 0.25) is 0 Å². The van der Waals surface area contributed by atoms with Crippen LogP contribution in [-0.2, 0) is 0 Å². The van der Waals surface area contributed by atoms with E-state index in [4.69, 9.17) is 0 Å². The van der Waals surface area contributed by atoms with Crippen molar-refractivity contribution in [2.24, 2.45) is 0 Å².